The molecule has 3 aromatic carbocycles. The first-order valence-corrected chi connectivity index (χ1v) is 11.3. The molecule has 1 atom stereocenters. The lowest BCUT2D eigenvalue weighted by molar-refractivity contribution is 0.194. The summed E-state index contributed by atoms with van der Waals surface area (Å²) in [6.45, 7) is 0.480. The molecule has 6 nitrogen and oxygen atoms in total. The van der Waals surface area contributed by atoms with Gasteiger partial charge in [-0.05, 0) is 53.6 Å². The number of aromatic nitrogens is 1. The highest BCUT2D eigenvalue weighted by atomic mass is 16.5. The zero-order valence-corrected chi connectivity index (χ0v) is 19.6. The fraction of sp³-hybridized carbons (Fsp3) is 0.179. The van der Waals surface area contributed by atoms with E-state index in [2.05, 4.69) is 63.4 Å². The van der Waals surface area contributed by atoms with Crippen molar-refractivity contribution in [1.82, 2.24) is 9.47 Å². The van der Waals surface area contributed by atoms with E-state index in [4.69, 9.17) is 4.74 Å². The molecule has 2 heterocycles. The Hall–Kier alpha value is -4.19. The van der Waals surface area contributed by atoms with Crippen molar-refractivity contribution in [2.45, 2.75) is 12.6 Å². The summed E-state index contributed by atoms with van der Waals surface area (Å²) in [6.07, 6.45) is 2.07. The smallest absolute Gasteiger partial charge is 0.322 e. The van der Waals surface area contributed by atoms with Crippen molar-refractivity contribution in [2.75, 3.05) is 31.4 Å². The van der Waals surface area contributed by atoms with Gasteiger partial charge >= 0.3 is 6.03 Å². The number of para-hydroxylation sites is 1. The van der Waals surface area contributed by atoms with E-state index in [9.17, 15) is 4.79 Å². The van der Waals surface area contributed by atoms with Gasteiger partial charge in [-0.3, -0.25) is 0 Å². The van der Waals surface area contributed by atoms with Crippen molar-refractivity contribution in [3.05, 3.63) is 108 Å². The summed E-state index contributed by atoms with van der Waals surface area (Å²) in [5.41, 5.74) is 6.09. The topological polar surface area (TPSA) is 49.7 Å². The van der Waals surface area contributed by atoms with E-state index in [0.29, 0.717) is 18.0 Å². The van der Waals surface area contributed by atoms with E-state index in [1.165, 1.54) is 0 Å². The van der Waals surface area contributed by atoms with Gasteiger partial charge in [0, 0.05) is 43.4 Å². The molecular weight excluding hydrogens is 424 g/mol. The van der Waals surface area contributed by atoms with Gasteiger partial charge in [-0.15, -0.1) is 0 Å². The first kappa shape index (κ1) is 21.6. The van der Waals surface area contributed by atoms with Gasteiger partial charge in [0.1, 0.15) is 5.75 Å². The molecule has 34 heavy (non-hydrogen) atoms. The van der Waals surface area contributed by atoms with Crippen molar-refractivity contribution < 1.29 is 9.53 Å². The van der Waals surface area contributed by atoms with Crippen molar-refractivity contribution in [1.29, 1.82) is 0 Å². The number of ether oxygens (including phenoxy) is 1. The van der Waals surface area contributed by atoms with Crippen LogP contribution < -0.4 is 15.0 Å². The zero-order chi connectivity index (χ0) is 23.7. The first-order valence-electron chi connectivity index (χ1n) is 11.3. The number of carbonyl (C=O) groups is 1. The summed E-state index contributed by atoms with van der Waals surface area (Å²) in [4.78, 5) is 17.8. The highest BCUT2D eigenvalue weighted by Crippen LogP contribution is 2.37. The molecule has 0 fully saturated rings. The molecule has 6 heteroatoms. The second kappa shape index (κ2) is 8.98. The Bertz CT molecular complexity index is 1310. The van der Waals surface area contributed by atoms with Crippen LogP contribution in [0.4, 0.5) is 16.2 Å². The summed E-state index contributed by atoms with van der Waals surface area (Å²) >= 11 is 0. The molecule has 2 amide bonds. The van der Waals surface area contributed by atoms with Crippen LogP contribution in [-0.4, -0.2) is 36.7 Å². The fourth-order valence-corrected chi connectivity index (χ4v) is 4.54. The Morgan fingerprint density at radius 2 is 1.76 bits per heavy atom. The van der Waals surface area contributed by atoms with Crippen LogP contribution in [0, 0.1) is 0 Å². The van der Waals surface area contributed by atoms with Gasteiger partial charge in [-0.1, -0.05) is 36.4 Å². The van der Waals surface area contributed by atoms with Crippen molar-refractivity contribution in [3.8, 4) is 11.4 Å². The van der Waals surface area contributed by atoms with Crippen LogP contribution in [0.15, 0.2) is 91.1 Å². The highest BCUT2D eigenvalue weighted by molar-refractivity contribution is 5.90. The monoisotopic (exact) mass is 452 g/mol. The number of anilines is 2. The summed E-state index contributed by atoms with van der Waals surface area (Å²) in [7, 11) is 5.67. The molecule has 0 aliphatic carbocycles. The van der Waals surface area contributed by atoms with Gasteiger partial charge in [0.2, 0.25) is 0 Å². The second-order valence-corrected chi connectivity index (χ2v) is 8.61. The molecular formula is C28H28N4O2. The zero-order valence-electron chi connectivity index (χ0n) is 19.6. The minimum atomic E-state index is -0.260. The fourth-order valence-electron chi connectivity index (χ4n) is 4.54. The molecule has 0 spiro atoms. The van der Waals surface area contributed by atoms with E-state index in [0.717, 1.165) is 28.2 Å². The Kier molecular flexibility index (Phi) is 5.72. The molecule has 0 saturated heterocycles. The Morgan fingerprint density at radius 3 is 2.53 bits per heavy atom. The summed E-state index contributed by atoms with van der Waals surface area (Å²) < 4.78 is 7.53. The van der Waals surface area contributed by atoms with Gasteiger partial charge < -0.3 is 24.4 Å². The number of fused-ring (bicyclic) bond motifs is 3. The van der Waals surface area contributed by atoms with Crippen LogP contribution in [0.25, 0.3) is 5.69 Å². The number of carbonyl (C=O) groups excluding carboxylic acids is 1. The number of rotatable bonds is 4. The summed E-state index contributed by atoms with van der Waals surface area (Å²) in [5.74, 6) is 0.698. The third kappa shape index (κ3) is 3.99. The standard InChI is InChI=1S/C28H28N4O2/c1-30(2)23-15-13-20(14-16-23)27-26-12-7-17-31(26)25-11-5-4-8-21(25)19-32(27)28(33)29-22-9-6-10-24(18-22)34-3/h4-18,27H,19H2,1-3H3,(H,29,33)/t27-/m0/s1. The SMILES string of the molecule is COc1cccc(NC(=O)N2Cc3ccccc3-n3cccc3[C@@H]2c2ccc(N(C)C)cc2)c1. The molecule has 1 aliphatic heterocycles. The van der Waals surface area contributed by atoms with Crippen LogP contribution >= 0.6 is 0 Å². The van der Waals surface area contributed by atoms with E-state index in [-0.39, 0.29) is 12.1 Å². The number of nitrogens with one attached hydrogen (secondary N) is 1. The Labute approximate surface area is 200 Å². The predicted octanol–water partition coefficient (Wildman–Crippen LogP) is 5.69. The maximum atomic E-state index is 13.8. The van der Waals surface area contributed by atoms with Gasteiger partial charge in [-0.25, -0.2) is 4.79 Å². The maximum absolute atomic E-state index is 13.8. The normalized spacial score (nSPS) is 14.6. The number of hydrogen-bond donors (Lipinski definition) is 1. The number of benzene rings is 3. The quantitative estimate of drug-likeness (QED) is 0.433. The molecule has 172 valence electrons. The average molecular weight is 453 g/mol. The van der Waals surface area contributed by atoms with Crippen LogP contribution in [0.1, 0.15) is 22.9 Å². The largest absolute Gasteiger partial charge is 0.497 e. The Morgan fingerprint density at radius 1 is 0.971 bits per heavy atom. The molecule has 0 unspecified atom stereocenters. The summed E-state index contributed by atoms with van der Waals surface area (Å²) in [5, 5.41) is 3.09. The van der Waals surface area contributed by atoms with E-state index < -0.39 is 0 Å². The molecule has 0 radical (unpaired) electrons. The third-order valence-corrected chi connectivity index (χ3v) is 6.27. The lowest BCUT2D eigenvalue weighted by atomic mass is 10.0. The molecule has 4 aromatic rings. The molecule has 5 rings (SSSR count). The molecule has 0 bridgehead atoms. The van der Waals surface area contributed by atoms with E-state index >= 15 is 0 Å². The van der Waals surface area contributed by atoms with Gasteiger partial charge in [0.25, 0.3) is 0 Å². The molecule has 0 saturated carbocycles. The van der Waals surface area contributed by atoms with Crippen molar-refractivity contribution >= 4 is 17.4 Å². The van der Waals surface area contributed by atoms with E-state index in [1.807, 2.05) is 61.5 Å². The van der Waals surface area contributed by atoms with Crippen LogP contribution in [0.5, 0.6) is 5.75 Å². The van der Waals surface area contributed by atoms with Crippen LogP contribution in [0.2, 0.25) is 0 Å². The lowest BCUT2D eigenvalue weighted by Crippen LogP contribution is -2.37. The number of amides is 2. The number of methoxy groups -OCH3 is 1. The number of urea groups is 1. The number of hydrogen-bond acceptors (Lipinski definition) is 3. The van der Waals surface area contributed by atoms with Gasteiger partial charge in [0.15, 0.2) is 0 Å². The predicted molar refractivity (Wildman–Crippen MR) is 136 cm³/mol. The summed E-state index contributed by atoms with van der Waals surface area (Å²) in [6, 6.07) is 27.8. The lowest BCUT2D eigenvalue weighted by Gasteiger charge is -2.31. The third-order valence-electron chi connectivity index (χ3n) is 6.27. The van der Waals surface area contributed by atoms with E-state index in [1.54, 1.807) is 7.11 Å². The molecule has 1 aliphatic rings. The molecule has 1 aromatic heterocycles. The first-order chi connectivity index (χ1) is 16.5. The van der Waals surface area contributed by atoms with Gasteiger partial charge in [-0.2, -0.15) is 0 Å². The average Bonchev–Trinajstić information content (AvgIpc) is 3.28. The number of nitrogens with zero attached hydrogens (tertiary/aromatic N) is 3. The Balaban J connectivity index is 1.60. The van der Waals surface area contributed by atoms with Gasteiger partial charge in [0.05, 0.1) is 25.4 Å². The minimum absolute atomic E-state index is 0.167. The molecule has 1 N–H and O–H groups in total. The van der Waals surface area contributed by atoms with Crippen LogP contribution in [-0.2, 0) is 6.54 Å². The van der Waals surface area contributed by atoms with Crippen LogP contribution in [0.3, 0.4) is 0 Å². The second-order valence-electron chi connectivity index (χ2n) is 8.61. The highest BCUT2D eigenvalue weighted by Gasteiger charge is 2.33. The maximum Gasteiger partial charge on any atom is 0.322 e. The van der Waals surface area contributed by atoms with Crippen molar-refractivity contribution in [3.63, 3.8) is 0 Å². The minimum Gasteiger partial charge on any atom is -0.497 e. The van der Waals surface area contributed by atoms with Crippen molar-refractivity contribution in [2.24, 2.45) is 0 Å².